The molecule has 2 aromatic rings. The third-order valence-corrected chi connectivity index (χ3v) is 8.18. The number of nitrogens with one attached hydrogen (secondary N) is 1. The fraction of sp³-hybridized carbons (Fsp3) is 0.353. The summed E-state index contributed by atoms with van der Waals surface area (Å²) in [5.41, 5.74) is 0.737. The van der Waals surface area contributed by atoms with Crippen LogP contribution in [0.15, 0.2) is 50.9 Å². The molecule has 1 aromatic carbocycles. The first-order chi connectivity index (χ1) is 12.0. The molecule has 0 aliphatic carbocycles. The van der Waals surface area contributed by atoms with Crippen molar-refractivity contribution < 1.29 is 13.2 Å². The summed E-state index contributed by atoms with van der Waals surface area (Å²) in [5, 5.41) is 4.65. The van der Waals surface area contributed by atoms with E-state index in [2.05, 4.69) is 5.32 Å². The van der Waals surface area contributed by atoms with Crippen molar-refractivity contribution in [1.82, 2.24) is 4.31 Å². The number of sulfonamides is 1. The average molecular weight is 397 g/mol. The summed E-state index contributed by atoms with van der Waals surface area (Å²) < 4.78 is 27.1. The SMILES string of the molecule is CSc1ccc(NC(=O)C2CCCN(S(=O)(=O)c3cccs3)C2)cc1. The second kappa shape index (κ2) is 7.90. The lowest BCUT2D eigenvalue weighted by atomic mass is 9.99. The van der Waals surface area contributed by atoms with Gasteiger partial charge in [-0.05, 0) is 54.8 Å². The molecule has 5 nitrogen and oxygen atoms in total. The Morgan fingerprint density at radius 1 is 1.28 bits per heavy atom. The van der Waals surface area contributed by atoms with Crippen molar-refractivity contribution in [3.05, 3.63) is 41.8 Å². The first-order valence-electron chi connectivity index (χ1n) is 7.99. The molecule has 2 heterocycles. The molecule has 3 rings (SSSR count). The first-order valence-corrected chi connectivity index (χ1v) is 11.5. The molecule has 8 heteroatoms. The Kier molecular flexibility index (Phi) is 5.83. The number of carbonyl (C=O) groups excluding carboxylic acids is 1. The summed E-state index contributed by atoms with van der Waals surface area (Å²) in [5.74, 6) is -0.452. The molecule has 1 unspecified atom stereocenters. The molecule has 1 aromatic heterocycles. The van der Waals surface area contributed by atoms with Gasteiger partial charge in [-0.25, -0.2) is 8.42 Å². The summed E-state index contributed by atoms with van der Waals surface area (Å²) in [6, 6.07) is 11.0. The molecular formula is C17H20N2O3S3. The van der Waals surface area contributed by atoms with Gasteiger partial charge in [0, 0.05) is 23.7 Å². The Hall–Kier alpha value is -1.35. The highest BCUT2D eigenvalue weighted by Crippen LogP contribution is 2.27. The summed E-state index contributed by atoms with van der Waals surface area (Å²) in [7, 11) is -3.50. The van der Waals surface area contributed by atoms with Crippen LogP contribution < -0.4 is 5.32 Å². The summed E-state index contributed by atoms with van der Waals surface area (Å²) in [4.78, 5) is 13.7. The Labute approximate surface area is 156 Å². The fourth-order valence-electron chi connectivity index (χ4n) is 2.83. The van der Waals surface area contributed by atoms with Gasteiger partial charge >= 0.3 is 0 Å². The fourth-order valence-corrected chi connectivity index (χ4v) is 5.91. The molecule has 0 spiro atoms. The van der Waals surface area contributed by atoms with E-state index in [9.17, 15) is 13.2 Å². The van der Waals surface area contributed by atoms with Gasteiger partial charge < -0.3 is 5.32 Å². The Bertz CT molecular complexity index is 817. The van der Waals surface area contributed by atoms with Gasteiger partial charge in [-0.15, -0.1) is 23.1 Å². The normalized spacial score (nSPS) is 18.8. The number of anilines is 1. The number of nitrogens with zero attached hydrogens (tertiary/aromatic N) is 1. The second-order valence-corrected chi connectivity index (χ2v) is 9.84. The van der Waals surface area contributed by atoms with E-state index in [4.69, 9.17) is 0 Å². The van der Waals surface area contributed by atoms with E-state index in [1.165, 1.54) is 15.6 Å². The predicted molar refractivity (Wildman–Crippen MR) is 103 cm³/mol. The highest BCUT2D eigenvalue weighted by atomic mass is 32.2. The molecule has 134 valence electrons. The highest BCUT2D eigenvalue weighted by Gasteiger charge is 2.33. The summed E-state index contributed by atoms with van der Waals surface area (Å²) in [6.45, 7) is 0.696. The molecule has 0 bridgehead atoms. The smallest absolute Gasteiger partial charge is 0.252 e. The number of thiophene rings is 1. The van der Waals surface area contributed by atoms with Crippen molar-refractivity contribution in [1.29, 1.82) is 0 Å². The number of carbonyl (C=O) groups is 1. The van der Waals surface area contributed by atoms with Gasteiger partial charge in [-0.3, -0.25) is 4.79 Å². The zero-order valence-corrected chi connectivity index (χ0v) is 16.3. The lowest BCUT2D eigenvalue weighted by Crippen LogP contribution is -2.43. The van der Waals surface area contributed by atoms with Crippen molar-refractivity contribution in [2.75, 3.05) is 24.7 Å². The predicted octanol–water partition coefficient (Wildman–Crippen LogP) is 3.51. The molecule has 1 aliphatic heterocycles. The van der Waals surface area contributed by atoms with E-state index >= 15 is 0 Å². The molecule has 1 atom stereocenters. The van der Waals surface area contributed by atoms with Crippen LogP contribution in [0.3, 0.4) is 0 Å². The minimum Gasteiger partial charge on any atom is -0.326 e. The van der Waals surface area contributed by atoms with Crippen LogP contribution in [0.1, 0.15) is 12.8 Å². The van der Waals surface area contributed by atoms with Crippen LogP contribution in [0, 0.1) is 5.92 Å². The van der Waals surface area contributed by atoms with Crippen molar-refractivity contribution >= 4 is 44.7 Å². The van der Waals surface area contributed by atoms with Crippen LogP contribution in [0.5, 0.6) is 0 Å². The summed E-state index contributed by atoms with van der Waals surface area (Å²) in [6.07, 6.45) is 3.39. The van der Waals surface area contributed by atoms with Crippen molar-refractivity contribution in [2.45, 2.75) is 21.9 Å². The number of hydrogen-bond acceptors (Lipinski definition) is 5. The van der Waals surface area contributed by atoms with E-state index in [0.29, 0.717) is 23.6 Å². The van der Waals surface area contributed by atoms with Gasteiger partial charge in [0.05, 0.1) is 5.92 Å². The van der Waals surface area contributed by atoms with Crippen LogP contribution in [0.2, 0.25) is 0 Å². The van der Waals surface area contributed by atoms with E-state index in [-0.39, 0.29) is 18.4 Å². The van der Waals surface area contributed by atoms with E-state index in [1.807, 2.05) is 30.5 Å². The number of benzene rings is 1. The quantitative estimate of drug-likeness (QED) is 0.786. The van der Waals surface area contributed by atoms with Crippen molar-refractivity contribution in [3.63, 3.8) is 0 Å². The summed E-state index contributed by atoms with van der Waals surface area (Å²) >= 11 is 2.85. The Balaban J connectivity index is 1.67. The zero-order valence-electron chi connectivity index (χ0n) is 13.8. The number of piperidine rings is 1. The Morgan fingerprint density at radius 2 is 2.04 bits per heavy atom. The van der Waals surface area contributed by atoms with Crippen LogP contribution >= 0.6 is 23.1 Å². The number of rotatable bonds is 5. The third-order valence-electron chi connectivity index (χ3n) is 4.20. The molecule has 1 saturated heterocycles. The second-order valence-electron chi connectivity index (χ2n) is 5.85. The number of amides is 1. The third kappa shape index (κ3) is 4.25. The first kappa shape index (κ1) is 18.4. The maximum atomic E-state index is 12.6. The average Bonchev–Trinajstić information content (AvgIpc) is 3.18. The van der Waals surface area contributed by atoms with Crippen LogP contribution in [-0.2, 0) is 14.8 Å². The molecular weight excluding hydrogens is 376 g/mol. The molecule has 1 fully saturated rings. The van der Waals surface area contributed by atoms with Gasteiger partial charge in [0.1, 0.15) is 4.21 Å². The number of thioether (sulfide) groups is 1. The van der Waals surface area contributed by atoms with Gasteiger partial charge in [-0.1, -0.05) is 6.07 Å². The largest absolute Gasteiger partial charge is 0.326 e. The molecule has 1 aliphatic rings. The monoisotopic (exact) mass is 396 g/mol. The number of hydrogen-bond donors (Lipinski definition) is 1. The molecule has 1 N–H and O–H groups in total. The minimum atomic E-state index is -3.50. The van der Waals surface area contributed by atoms with Gasteiger partial charge in [-0.2, -0.15) is 4.31 Å². The molecule has 25 heavy (non-hydrogen) atoms. The molecule has 0 saturated carbocycles. The maximum absolute atomic E-state index is 12.6. The van der Waals surface area contributed by atoms with Crippen molar-refractivity contribution in [3.8, 4) is 0 Å². The van der Waals surface area contributed by atoms with Crippen LogP contribution in [-0.4, -0.2) is 38.0 Å². The Morgan fingerprint density at radius 3 is 2.68 bits per heavy atom. The van der Waals surface area contributed by atoms with Crippen LogP contribution in [0.4, 0.5) is 5.69 Å². The van der Waals surface area contributed by atoms with E-state index in [0.717, 1.165) is 10.6 Å². The van der Waals surface area contributed by atoms with Crippen molar-refractivity contribution in [2.24, 2.45) is 5.92 Å². The zero-order chi connectivity index (χ0) is 17.9. The standard InChI is InChI=1S/C17H20N2O3S3/c1-23-15-8-6-14(7-9-15)18-17(20)13-4-2-10-19(12-13)25(21,22)16-5-3-11-24-16/h3,5-9,11,13H,2,4,10,12H2,1H3,(H,18,20). The van der Waals surface area contributed by atoms with Gasteiger partial charge in [0.2, 0.25) is 5.91 Å². The van der Waals surface area contributed by atoms with Gasteiger partial charge in [0.25, 0.3) is 10.0 Å². The topological polar surface area (TPSA) is 66.5 Å². The maximum Gasteiger partial charge on any atom is 0.252 e. The highest BCUT2D eigenvalue weighted by molar-refractivity contribution is 7.98. The van der Waals surface area contributed by atoms with E-state index < -0.39 is 10.0 Å². The van der Waals surface area contributed by atoms with Gasteiger partial charge in [0.15, 0.2) is 0 Å². The lowest BCUT2D eigenvalue weighted by Gasteiger charge is -2.30. The minimum absolute atomic E-state index is 0.122. The molecule has 0 radical (unpaired) electrons. The van der Waals surface area contributed by atoms with E-state index in [1.54, 1.807) is 29.3 Å². The molecule has 1 amide bonds. The van der Waals surface area contributed by atoms with Crippen LogP contribution in [0.25, 0.3) is 0 Å². The lowest BCUT2D eigenvalue weighted by molar-refractivity contribution is -0.120.